The smallest absolute Gasteiger partial charge is 0.321 e. The van der Waals surface area contributed by atoms with Crippen LogP contribution in [-0.4, -0.2) is 57.4 Å². The lowest BCUT2D eigenvalue weighted by Crippen LogP contribution is -2.50. The van der Waals surface area contributed by atoms with Gasteiger partial charge in [0.15, 0.2) is 23.0 Å². The van der Waals surface area contributed by atoms with Crippen LogP contribution in [0.5, 0.6) is 23.0 Å². The summed E-state index contributed by atoms with van der Waals surface area (Å²) in [5, 5.41) is 0. The summed E-state index contributed by atoms with van der Waals surface area (Å²) in [6, 6.07) is 8.44. The van der Waals surface area contributed by atoms with E-state index < -0.39 is 0 Å². The Kier molecular flexibility index (Phi) is 8.17. The van der Waals surface area contributed by atoms with E-state index in [1.807, 2.05) is 0 Å². The summed E-state index contributed by atoms with van der Waals surface area (Å²) >= 11 is 0. The van der Waals surface area contributed by atoms with E-state index in [9.17, 15) is 4.79 Å². The maximum absolute atomic E-state index is 14.2. The molecule has 0 saturated carbocycles. The molecule has 4 rings (SSSR count). The molecule has 36 heavy (non-hydrogen) atoms. The third-order valence-corrected chi connectivity index (χ3v) is 7.62. The molecule has 2 aromatic rings. The van der Waals surface area contributed by atoms with Crippen molar-refractivity contribution in [1.82, 2.24) is 9.80 Å². The van der Waals surface area contributed by atoms with Gasteiger partial charge in [0.25, 0.3) is 0 Å². The summed E-state index contributed by atoms with van der Waals surface area (Å²) in [6.07, 6.45) is 5.39. The molecule has 0 spiro atoms. The third-order valence-electron chi connectivity index (χ3n) is 7.62. The van der Waals surface area contributed by atoms with Crippen LogP contribution >= 0.6 is 0 Å². The Morgan fingerprint density at radius 1 is 0.694 bits per heavy atom. The lowest BCUT2D eigenvalue weighted by atomic mass is 9.88. The highest BCUT2D eigenvalue weighted by Gasteiger charge is 2.38. The fraction of sp³-hybridized carbons (Fsp3) is 0.552. The van der Waals surface area contributed by atoms with Gasteiger partial charge in [0.05, 0.1) is 40.5 Å². The number of urea groups is 1. The highest BCUT2D eigenvalue weighted by atomic mass is 16.5. The average molecular weight is 497 g/mol. The topological polar surface area (TPSA) is 60.5 Å². The maximum Gasteiger partial charge on any atom is 0.321 e. The number of amides is 2. The Morgan fingerprint density at radius 2 is 1.06 bits per heavy atom. The van der Waals surface area contributed by atoms with Crippen LogP contribution in [0.4, 0.5) is 4.79 Å². The lowest BCUT2D eigenvalue weighted by Gasteiger charge is -2.44. The van der Waals surface area contributed by atoms with Gasteiger partial charge in [-0.15, -0.1) is 0 Å². The first-order valence-corrected chi connectivity index (χ1v) is 13.1. The molecule has 0 radical (unpaired) electrons. The van der Waals surface area contributed by atoms with Gasteiger partial charge in [-0.05, 0) is 72.2 Å². The molecule has 2 aliphatic rings. The molecule has 196 valence electrons. The first kappa shape index (κ1) is 26.0. The number of hydrogen-bond donors (Lipinski definition) is 0. The van der Waals surface area contributed by atoms with Crippen molar-refractivity contribution in [3.05, 3.63) is 46.5 Å². The first-order chi connectivity index (χ1) is 17.5. The van der Waals surface area contributed by atoms with Gasteiger partial charge in [0, 0.05) is 13.1 Å². The van der Waals surface area contributed by atoms with E-state index in [2.05, 4.69) is 47.9 Å². The summed E-state index contributed by atoms with van der Waals surface area (Å²) in [5.74, 6) is 2.91. The number of hydrogen-bond acceptors (Lipinski definition) is 5. The van der Waals surface area contributed by atoms with Gasteiger partial charge in [-0.1, -0.05) is 26.7 Å². The quantitative estimate of drug-likeness (QED) is 0.453. The standard InChI is InChI=1S/C29H40N2O5/c1-7-9-23-21-17-27(35-5)25(33-3)15-19(21)11-13-30(23)29(32)31-14-12-20-16-26(34-4)28(36-6)18-22(20)24(31)10-8-2/h15-18,23-24H,7-14H2,1-6H3/t23-,24-/m0/s1. The summed E-state index contributed by atoms with van der Waals surface area (Å²) < 4.78 is 22.3. The van der Waals surface area contributed by atoms with Crippen LogP contribution in [0.2, 0.25) is 0 Å². The fourth-order valence-corrected chi connectivity index (χ4v) is 5.85. The molecule has 0 bridgehead atoms. The summed E-state index contributed by atoms with van der Waals surface area (Å²) in [5.41, 5.74) is 4.82. The number of ether oxygens (including phenoxy) is 4. The molecule has 2 heterocycles. The Balaban J connectivity index is 1.69. The number of rotatable bonds is 8. The van der Waals surface area contributed by atoms with E-state index in [1.54, 1.807) is 28.4 Å². The van der Waals surface area contributed by atoms with Gasteiger partial charge in [0.1, 0.15) is 0 Å². The molecule has 2 amide bonds. The van der Waals surface area contributed by atoms with Crippen molar-refractivity contribution in [3.63, 3.8) is 0 Å². The summed E-state index contributed by atoms with van der Waals surface area (Å²) in [6.45, 7) is 5.74. The van der Waals surface area contributed by atoms with Crippen molar-refractivity contribution >= 4 is 6.03 Å². The number of carbonyl (C=O) groups is 1. The van der Waals surface area contributed by atoms with Crippen LogP contribution in [0.15, 0.2) is 24.3 Å². The van der Waals surface area contributed by atoms with E-state index in [0.29, 0.717) is 24.6 Å². The third kappa shape index (κ3) is 4.67. The highest BCUT2D eigenvalue weighted by molar-refractivity contribution is 5.77. The van der Waals surface area contributed by atoms with E-state index >= 15 is 0 Å². The highest BCUT2D eigenvalue weighted by Crippen LogP contribution is 2.43. The first-order valence-electron chi connectivity index (χ1n) is 13.1. The molecule has 2 atom stereocenters. The zero-order valence-electron chi connectivity index (χ0n) is 22.6. The predicted molar refractivity (Wildman–Crippen MR) is 141 cm³/mol. The SMILES string of the molecule is CCC[C@H]1c2cc(OC)c(OC)cc2CCN1C(=O)N1CCc2cc(OC)c(OC)cc2[C@@H]1CCC. The Labute approximate surface area is 215 Å². The fourth-order valence-electron chi connectivity index (χ4n) is 5.85. The molecule has 0 fully saturated rings. The Bertz CT molecular complexity index is 1000. The monoisotopic (exact) mass is 496 g/mol. The van der Waals surface area contributed by atoms with Crippen LogP contribution in [-0.2, 0) is 12.8 Å². The normalized spacial score (nSPS) is 18.8. The second-order valence-corrected chi connectivity index (χ2v) is 9.59. The van der Waals surface area contributed by atoms with Gasteiger partial charge in [-0.25, -0.2) is 4.79 Å². The second kappa shape index (κ2) is 11.3. The summed E-state index contributed by atoms with van der Waals surface area (Å²) in [4.78, 5) is 18.4. The van der Waals surface area contributed by atoms with Crippen molar-refractivity contribution in [2.24, 2.45) is 0 Å². The number of methoxy groups -OCH3 is 4. The number of carbonyl (C=O) groups excluding carboxylic acids is 1. The van der Waals surface area contributed by atoms with Crippen LogP contribution in [0.1, 0.15) is 73.9 Å². The summed E-state index contributed by atoms with van der Waals surface area (Å²) in [7, 11) is 6.65. The van der Waals surface area contributed by atoms with Crippen molar-refractivity contribution in [2.45, 2.75) is 64.5 Å². The molecule has 2 aliphatic heterocycles. The van der Waals surface area contributed by atoms with Gasteiger partial charge in [-0.3, -0.25) is 0 Å². The molecule has 0 aromatic heterocycles. The molecule has 0 unspecified atom stereocenters. The van der Waals surface area contributed by atoms with Gasteiger partial charge < -0.3 is 28.7 Å². The van der Waals surface area contributed by atoms with Crippen molar-refractivity contribution in [1.29, 1.82) is 0 Å². The van der Waals surface area contributed by atoms with Crippen molar-refractivity contribution in [2.75, 3.05) is 41.5 Å². The van der Waals surface area contributed by atoms with Gasteiger partial charge in [-0.2, -0.15) is 0 Å². The molecule has 0 saturated heterocycles. The lowest BCUT2D eigenvalue weighted by molar-refractivity contribution is 0.102. The zero-order valence-corrected chi connectivity index (χ0v) is 22.6. The number of benzene rings is 2. The van der Waals surface area contributed by atoms with Crippen LogP contribution < -0.4 is 18.9 Å². The number of nitrogens with zero attached hydrogens (tertiary/aromatic N) is 2. The molecule has 0 aliphatic carbocycles. The second-order valence-electron chi connectivity index (χ2n) is 9.59. The molecule has 7 heteroatoms. The van der Waals surface area contributed by atoms with E-state index in [4.69, 9.17) is 18.9 Å². The minimum Gasteiger partial charge on any atom is -0.493 e. The van der Waals surface area contributed by atoms with Gasteiger partial charge >= 0.3 is 6.03 Å². The minimum atomic E-state index is 0.0140. The minimum absolute atomic E-state index is 0.0140. The molecule has 0 N–H and O–H groups in total. The molecule has 2 aromatic carbocycles. The van der Waals surface area contributed by atoms with E-state index in [1.165, 1.54) is 22.3 Å². The average Bonchev–Trinajstić information content (AvgIpc) is 2.91. The van der Waals surface area contributed by atoms with Crippen LogP contribution in [0, 0.1) is 0 Å². The molecular weight excluding hydrogens is 456 g/mol. The van der Waals surface area contributed by atoms with Crippen molar-refractivity contribution < 1.29 is 23.7 Å². The van der Waals surface area contributed by atoms with E-state index in [-0.39, 0.29) is 18.1 Å². The van der Waals surface area contributed by atoms with Crippen LogP contribution in [0.3, 0.4) is 0 Å². The molecule has 7 nitrogen and oxygen atoms in total. The van der Waals surface area contributed by atoms with Crippen molar-refractivity contribution in [3.8, 4) is 23.0 Å². The Hall–Kier alpha value is -3.09. The van der Waals surface area contributed by atoms with E-state index in [0.717, 1.165) is 50.0 Å². The van der Waals surface area contributed by atoms with Gasteiger partial charge in [0.2, 0.25) is 0 Å². The zero-order chi connectivity index (χ0) is 25.8. The largest absolute Gasteiger partial charge is 0.493 e. The predicted octanol–water partition coefficient (Wildman–Crippen LogP) is 5.94. The number of fused-ring (bicyclic) bond motifs is 2. The molecular formula is C29H40N2O5. The van der Waals surface area contributed by atoms with Crippen LogP contribution in [0.25, 0.3) is 0 Å². The maximum atomic E-state index is 14.2. The Morgan fingerprint density at radius 3 is 1.39 bits per heavy atom.